The second-order valence-electron chi connectivity index (χ2n) is 6.66. The van der Waals surface area contributed by atoms with E-state index in [1.807, 2.05) is 48.0 Å². The number of nitrogens with one attached hydrogen (secondary N) is 2. The fourth-order valence-corrected chi connectivity index (χ4v) is 4.22. The largest absolute Gasteiger partial charge is 0.349 e. The van der Waals surface area contributed by atoms with Crippen LogP contribution in [0.1, 0.15) is 25.7 Å². The molecule has 0 bridgehead atoms. The van der Waals surface area contributed by atoms with E-state index in [1.54, 1.807) is 30.3 Å². The van der Waals surface area contributed by atoms with Crippen molar-refractivity contribution < 1.29 is 9.59 Å². The van der Waals surface area contributed by atoms with Crippen LogP contribution >= 0.6 is 11.3 Å². The average molecular weight is 417 g/mol. The smallest absolute Gasteiger partial charge is 0.265 e. The van der Waals surface area contributed by atoms with E-state index >= 15 is 0 Å². The number of para-hydroxylation sites is 2. The molecule has 0 unspecified atom stereocenters. The molecule has 0 fully saturated rings. The van der Waals surface area contributed by atoms with Crippen molar-refractivity contribution in [3.63, 3.8) is 0 Å². The predicted molar refractivity (Wildman–Crippen MR) is 121 cm³/mol. The molecule has 2 aromatic carbocycles. The molecule has 2 aromatic heterocycles. The van der Waals surface area contributed by atoms with Crippen molar-refractivity contribution in [1.82, 2.24) is 15.1 Å². The van der Waals surface area contributed by atoms with Crippen LogP contribution in [0, 0.1) is 6.92 Å². The normalized spacial score (nSPS) is 10.7. The number of carbonyl (C=O) groups is 2. The van der Waals surface area contributed by atoms with E-state index in [0.29, 0.717) is 22.7 Å². The topological polar surface area (TPSA) is 76.0 Å². The first-order chi connectivity index (χ1) is 14.6. The molecule has 4 aromatic rings. The van der Waals surface area contributed by atoms with Crippen LogP contribution in [0.5, 0.6) is 0 Å². The highest BCUT2D eigenvalue weighted by Crippen LogP contribution is 2.31. The molecule has 2 N–H and O–H groups in total. The third-order valence-electron chi connectivity index (χ3n) is 4.60. The summed E-state index contributed by atoms with van der Waals surface area (Å²) in [7, 11) is 0. The summed E-state index contributed by atoms with van der Waals surface area (Å²) in [6.07, 6.45) is 1.61. The molecular formula is C23H20N4O2S. The van der Waals surface area contributed by atoms with Crippen LogP contribution in [-0.4, -0.2) is 28.1 Å². The highest BCUT2D eigenvalue weighted by atomic mass is 32.1. The van der Waals surface area contributed by atoms with Gasteiger partial charge in [0.05, 0.1) is 27.5 Å². The molecule has 0 atom stereocenters. The number of carbonyl (C=O) groups excluding carboxylic acids is 2. The summed E-state index contributed by atoms with van der Waals surface area (Å²) in [5.74, 6) is -0.531. The Morgan fingerprint density at radius 1 is 1.10 bits per heavy atom. The highest BCUT2D eigenvalue weighted by Gasteiger charge is 2.19. The Balaban J connectivity index is 1.64. The SMILES string of the molecule is C=CCNC(=O)c1ccccc1NC(=O)c1cc2c(C)nn(-c3ccccc3)c2s1. The number of nitrogens with zero attached hydrogens (tertiary/aromatic N) is 2. The number of amides is 2. The third kappa shape index (κ3) is 3.75. The zero-order chi connectivity index (χ0) is 21.1. The number of anilines is 1. The van der Waals surface area contributed by atoms with Crippen molar-refractivity contribution >= 4 is 39.1 Å². The van der Waals surface area contributed by atoms with Crippen molar-refractivity contribution in [3.05, 3.63) is 89.5 Å². The molecule has 6 nitrogen and oxygen atoms in total. The van der Waals surface area contributed by atoms with Crippen molar-refractivity contribution in [1.29, 1.82) is 0 Å². The number of fused-ring (bicyclic) bond motifs is 1. The van der Waals surface area contributed by atoms with Gasteiger partial charge in [0.15, 0.2) is 0 Å². The number of benzene rings is 2. The number of hydrogen-bond donors (Lipinski definition) is 2. The molecule has 0 radical (unpaired) electrons. The summed E-state index contributed by atoms with van der Waals surface area (Å²) in [6.45, 7) is 5.88. The van der Waals surface area contributed by atoms with Gasteiger partial charge < -0.3 is 10.6 Å². The standard InChI is InChI=1S/C23H20N4O2S/c1-3-13-24-21(28)17-11-7-8-12-19(17)25-22(29)20-14-18-15(2)26-27(23(18)30-20)16-9-5-4-6-10-16/h3-12,14H,1,13H2,2H3,(H,24,28)(H,25,29). The van der Waals surface area contributed by atoms with Crippen LogP contribution in [0.2, 0.25) is 0 Å². The molecular weight excluding hydrogens is 396 g/mol. The van der Waals surface area contributed by atoms with Gasteiger partial charge >= 0.3 is 0 Å². The highest BCUT2D eigenvalue weighted by molar-refractivity contribution is 7.20. The molecule has 150 valence electrons. The van der Waals surface area contributed by atoms with Crippen molar-refractivity contribution in [3.8, 4) is 5.69 Å². The van der Waals surface area contributed by atoms with Gasteiger partial charge in [0.25, 0.3) is 11.8 Å². The Kier molecular flexibility index (Phi) is 5.45. The van der Waals surface area contributed by atoms with E-state index in [-0.39, 0.29) is 11.8 Å². The first-order valence-corrected chi connectivity index (χ1v) is 10.2. The minimum atomic E-state index is -0.266. The zero-order valence-corrected chi connectivity index (χ0v) is 17.2. The van der Waals surface area contributed by atoms with Crippen molar-refractivity contribution in [2.75, 3.05) is 11.9 Å². The molecule has 2 amide bonds. The van der Waals surface area contributed by atoms with Gasteiger partial charge in [0.1, 0.15) is 4.83 Å². The monoisotopic (exact) mass is 416 g/mol. The first-order valence-electron chi connectivity index (χ1n) is 9.42. The van der Waals surface area contributed by atoms with E-state index in [2.05, 4.69) is 22.3 Å². The Morgan fingerprint density at radius 3 is 2.60 bits per heavy atom. The van der Waals surface area contributed by atoms with Crippen LogP contribution in [0.4, 0.5) is 5.69 Å². The van der Waals surface area contributed by atoms with Crippen LogP contribution in [0.25, 0.3) is 15.9 Å². The summed E-state index contributed by atoms with van der Waals surface area (Å²) in [5.41, 5.74) is 2.66. The Morgan fingerprint density at radius 2 is 1.83 bits per heavy atom. The molecule has 0 aliphatic heterocycles. The quantitative estimate of drug-likeness (QED) is 0.452. The molecule has 0 saturated carbocycles. The lowest BCUT2D eigenvalue weighted by Gasteiger charge is -2.10. The van der Waals surface area contributed by atoms with E-state index in [1.165, 1.54) is 11.3 Å². The van der Waals surface area contributed by atoms with E-state index in [0.717, 1.165) is 21.6 Å². The molecule has 2 heterocycles. The fraction of sp³-hybridized carbons (Fsp3) is 0.0870. The summed E-state index contributed by atoms with van der Waals surface area (Å²) in [4.78, 5) is 26.8. The van der Waals surface area contributed by atoms with Crippen molar-refractivity contribution in [2.45, 2.75) is 6.92 Å². The predicted octanol–water partition coefficient (Wildman–Crippen LogP) is 4.56. The molecule has 30 heavy (non-hydrogen) atoms. The first kappa shape index (κ1) is 19.6. The second-order valence-corrected chi connectivity index (χ2v) is 7.69. The van der Waals surface area contributed by atoms with Crippen LogP contribution in [-0.2, 0) is 0 Å². The number of thiophene rings is 1. The fourth-order valence-electron chi connectivity index (χ4n) is 3.14. The van der Waals surface area contributed by atoms with Gasteiger partial charge in [0, 0.05) is 11.9 Å². The van der Waals surface area contributed by atoms with E-state index < -0.39 is 0 Å². The molecule has 4 rings (SSSR count). The molecule has 0 spiro atoms. The minimum absolute atomic E-state index is 0.265. The maximum Gasteiger partial charge on any atom is 0.265 e. The lowest BCUT2D eigenvalue weighted by Crippen LogP contribution is -2.25. The minimum Gasteiger partial charge on any atom is -0.349 e. The number of aromatic nitrogens is 2. The van der Waals surface area contributed by atoms with E-state index in [9.17, 15) is 9.59 Å². The maximum atomic E-state index is 13.0. The average Bonchev–Trinajstić information content (AvgIpc) is 3.34. The molecule has 0 aliphatic rings. The van der Waals surface area contributed by atoms with Gasteiger partial charge in [-0.2, -0.15) is 5.10 Å². The van der Waals surface area contributed by atoms with Gasteiger partial charge in [-0.3, -0.25) is 9.59 Å². The van der Waals surface area contributed by atoms with Crippen molar-refractivity contribution in [2.24, 2.45) is 0 Å². The third-order valence-corrected chi connectivity index (χ3v) is 5.71. The Bertz CT molecular complexity index is 1240. The molecule has 0 aliphatic carbocycles. The zero-order valence-electron chi connectivity index (χ0n) is 16.4. The maximum absolute atomic E-state index is 13.0. The van der Waals surface area contributed by atoms with E-state index in [4.69, 9.17) is 0 Å². The summed E-state index contributed by atoms with van der Waals surface area (Å²) in [6, 6.07) is 18.6. The summed E-state index contributed by atoms with van der Waals surface area (Å²) >= 11 is 1.37. The summed E-state index contributed by atoms with van der Waals surface area (Å²) < 4.78 is 1.85. The molecule has 0 saturated heterocycles. The van der Waals surface area contributed by atoms with Crippen LogP contribution in [0.3, 0.4) is 0 Å². The number of hydrogen-bond acceptors (Lipinski definition) is 4. The molecule has 7 heteroatoms. The lowest BCUT2D eigenvalue weighted by atomic mass is 10.1. The Labute approximate surface area is 177 Å². The number of rotatable bonds is 6. The lowest BCUT2D eigenvalue weighted by molar-refractivity contribution is 0.0959. The van der Waals surface area contributed by atoms with Crippen LogP contribution < -0.4 is 10.6 Å². The second kappa shape index (κ2) is 8.34. The van der Waals surface area contributed by atoms with Crippen LogP contribution in [0.15, 0.2) is 73.3 Å². The van der Waals surface area contributed by atoms with Gasteiger partial charge in [-0.15, -0.1) is 17.9 Å². The van der Waals surface area contributed by atoms with Gasteiger partial charge in [-0.1, -0.05) is 36.4 Å². The summed E-state index contributed by atoms with van der Waals surface area (Å²) in [5, 5.41) is 11.1. The number of aryl methyl sites for hydroxylation is 1. The van der Waals surface area contributed by atoms with Gasteiger partial charge in [0.2, 0.25) is 0 Å². The Hall–Kier alpha value is -3.71. The van der Waals surface area contributed by atoms with Gasteiger partial charge in [-0.05, 0) is 37.3 Å². The van der Waals surface area contributed by atoms with Gasteiger partial charge in [-0.25, -0.2) is 4.68 Å².